The number of fused-ring (bicyclic) bond motifs is 1. The van der Waals surface area contributed by atoms with Crippen LogP contribution in [0.3, 0.4) is 0 Å². The lowest BCUT2D eigenvalue weighted by Crippen LogP contribution is -2.28. The summed E-state index contributed by atoms with van der Waals surface area (Å²) in [5.41, 5.74) is 2.24. The molecule has 0 saturated carbocycles. The Morgan fingerprint density at radius 3 is 2.47 bits per heavy atom. The molecule has 0 atom stereocenters. The highest BCUT2D eigenvalue weighted by Gasteiger charge is 2.17. The number of benzene rings is 2. The first-order valence-electron chi connectivity index (χ1n) is 10.6. The summed E-state index contributed by atoms with van der Waals surface area (Å²) in [4.78, 5) is 0.214. The average Bonchev–Trinajstić information content (AvgIpc) is 3.29. The van der Waals surface area contributed by atoms with Gasteiger partial charge in [0.05, 0.1) is 24.7 Å². The molecular formula is C23H25N5O5S. The topological polar surface area (TPSA) is 117 Å². The van der Waals surface area contributed by atoms with Crippen molar-refractivity contribution >= 4 is 15.7 Å². The Kier molecular flexibility index (Phi) is 6.94. The molecule has 0 radical (unpaired) electrons. The Balaban J connectivity index is 1.47. The second-order valence-electron chi connectivity index (χ2n) is 7.28. The van der Waals surface area contributed by atoms with E-state index in [0.29, 0.717) is 34.4 Å². The van der Waals surface area contributed by atoms with E-state index in [1.54, 1.807) is 68.8 Å². The highest BCUT2D eigenvalue weighted by atomic mass is 32.2. The van der Waals surface area contributed by atoms with Gasteiger partial charge in [-0.3, -0.25) is 0 Å². The van der Waals surface area contributed by atoms with E-state index in [1.165, 1.54) is 4.52 Å². The van der Waals surface area contributed by atoms with Crippen molar-refractivity contribution in [1.82, 2.24) is 24.5 Å². The molecule has 1 N–H and O–H groups in total. The third-order valence-electron chi connectivity index (χ3n) is 5.17. The fraction of sp³-hybridized carbons (Fsp3) is 0.261. The zero-order valence-electron chi connectivity index (χ0n) is 19.1. The van der Waals surface area contributed by atoms with Crippen molar-refractivity contribution in [2.24, 2.45) is 0 Å². The number of methoxy groups -OCH3 is 2. The lowest BCUT2D eigenvalue weighted by molar-refractivity contribution is 0.306. The monoisotopic (exact) mass is 483 g/mol. The van der Waals surface area contributed by atoms with Gasteiger partial charge in [-0.2, -0.15) is 4.52 Å². The third kappa shape index (κ3) is 4.95. The molecule has 11 heteroatoms. The van der Waals surface area contributed by atoms with Crippen LogP contribution in [0, 0.1) is 0 Å². The number of aromatic nitrogens is 4. The molecule has 34 heavy (non-hydrogen) atoms. The maximum atomic E-state index is 12.5. The molecular weight excluding hydrogens is 458 g/mol. The molecule has 10 nitrogen and oxygen atoms in total. The lowest BCUT2D eigenvalue weighted by atomic mass is 10.2. The number of hydrogen-bond acceptors (Lipinski definition) is 8. The summed E-state index contributed by atoms with van der Waals surface area (Å²) in [6, 6.07) is 15.5. The van der Waals surface area contributed by atoms with Crippen LogP contribution in [0.25, 0.3) is 17.0 Å². The average molecular weight is 484 g/mol. The summed E-state index contributed by atoms with van der Waals surface area (Å²) < 4.78 is 45.4. The van der Waals surface area contributed by atoms with E-state index in [0.717, 1.165) is 12.0 Å². The Morgan fingerprint density at radius 1 is 0.971 bits per heavy atom. The van der Waals surface area contributed by atoms with Crippen molar-refractivity contribution in [3.05, 3.63) is 60.2 Å². The Morgan fingerprint density at radius 2 is 1.76 bits per heavy atom. The first-order chi connectivity index (χ1) is 16.4. The van der Waals surface area contributed by atoms with Gasteiger partial charge in [0.2, 0.25) is 15.9 Å². The maximum Gasteiger partial charge on any atom is 0.240 e. The zero-order valence-corrected chi connectivity index (χ0v) is 19.9. The van der Waals surface area contributed by atoms with Crippen molar-refractivity contribution in [2.75, 3.05) is 27.4 Å². The smallest absolute Gasteiger partial charge is 0.240 e. The Labute approximate surface area is 197 Å². The van der Waals surface area contributed by atoms with E-state index in [4.69, 9.17) is 14.2 Å². The minimum absolute atomic E-state index is 0.0797. The van der Waals surface area contributed by atoms with Gasteiger partial charge < -0.3 is 14.2 Å². The summed E-state index contributed by atoms with van der Waals surface area (Å²) in [7, 11) is -0.483. The molecule has 0 aliphatic rings. The summed E-state index contributed by atoms with van der Waals surface area (Å²) in [5.74, 6) is 1.97. The van der Waals surface area contributed by atoms with Crippen molar-refractivity contribution in [3.63, 3.8) is 0 Å². The van der Waals surface area contributed by atoms with E-state index >= 15 is 0 Å². The number of sulfonamides is 1. The van der Waals surface area contributed by atoms with Gasteiger partial charge in [0.1, 0.15) is 18.1 Å². The number of aryl methyl sites for hydroxylation is 1. The minimum Gasteiger partial charge on any atom is -0.497 e. The molecule has 0 fully saturated rings. The molecule has 4 aromatic rings. The van der Waals surface area contributed by atoms with Gasteiger partial charge in [-0.05, 0) is 48.4 Å². The van der Waals surface area contributed by atoms with Crippen molar-refractivity contribution in [3.8, 4) is 28.8 Å². The molecule has 2 heterocycles. The second-order valence-corrected chi connectivity index (χ2v) is 9.04. The van der Waals surface area contributed by atoms with E-state index in [2.05, 4.69) is 20.0 Å². The number of nitrogens with zero attached hydrogens (tertiary/aromatic N) is 4. The zero-order chi connectivity index (χ0) is 24.1. The molecule has 178 valence electrons. The van der Waals surface area contributed by atoms with Crippen LogP contribution in [-0.4, -0.2) is 55.6 Å². The number of hydrogen-bond donors (Lipinski definition) is 1. The number of nitrogens with one attached hydrogen (secondary N) is 1. The molecule has 0 spiro atoms. The molecule has 0 bridgehead atoms. The van der Waals surface area contributed by atoms with E-state index in [9.17, 15) is 8.42 Å². The van der Waals surface area contributed by atoms with E-state index < -0.39 is 10.0 Å². The quantitative estimate of drug-likeness (QED) is 0.342. The van der Waals surface area contributed by atoms with Crippen LogP contribution < -0.4 is 18.9 Å². The SMILES string of the molecule is CCc1ccc(S(=O)(=O)NCCOc2ccc3nnc(-c4cc(OC)ccc4OC)n3n2)cc1. The molecule has 4 rings (SSSR count). The van der Waals surface area contributed by atoms with Gasteiger partial charge in [0.25, 0.3) is 0 Å². The van der Waals surface area contributed by atoms with Gasteiger partial charge >= 0.3 is 0 Å². The van der Waals surface area contributed by atoms with Crippen LogP contribution in [0.2, 0.25) is 0 Å². The van der Waals surface area contributed by atoms with Crippen LogP contribution in [0.15, 0.2) is 59.5 Å². The largest absolute Gasteiger partial charge is 0.497 e. The number of rotatable bonds is 10. The van der Waals surface area contributed by atoms with Crippen molar-refractivity contribution < 1.29 is 22.6 Å². The highest BCUT2D eigenvalue weighted by molar-refractivity contribution is 7.89. The first-order valence-corrected chi connectivity index (χ1v) is 12.1. The summed E-state index contributed by atoms with van der Waals surface area (Å²) in [6.45, 7) is 2.18. The predicted molar refractivity (Wildman–Crippen MR) is 126 cm³/mol. The molecule has 0 aliphatic heterocycles. The van der Waals surface area contributed by atoms with Gasteiger partial charge in [-0.1, -0.05) is 19.1 Å². The highest BCUT2D eigenvalue weighted by Crippen LogP contribution is 2.32. The Hall–Kier alpha value is -3.70. The minimum atomic E-state index is -3.62. The summed E-state index contributed by atoms with van der Waals surface area (Å²) >= 11 is 0. The first kappa shape index (κ1) is 23.5. The predicted octanol–water partition coefficient (Wildman–Crippen LogP) is 2.73. The standard InChI is InChI=1S/C23H25N5O5S/c1-4-16-5-8-18(9-6-16)34(29,30)24-13-14-33-22-12-11-21-25-26-23(28(21)27-22)19-15-17(31-2)7-10-20(19)32-3/h5-12,15,24H,4,13-14H2,1-3H3. The second kappa shape index (κ2) is 10.1. The van der Waals surface area contributed by atoms with E-state index in [1.807, 2.05) is 6.92 Å². The molecule has 0 aliphatic carbocycles. The Bertz CT molecular complexity index is 1390. The lowest BCUT2D eigenvalue weighted by Gasteiger charge is -2.10. The van der Waals surface area contributed by atoms with Crippen molar-refractivity contribution in [1.29, 1.82) is 0 Å². The van der Waals surface area contributed by atoms with Gasteiger partial charge in [0.15, 0.2) is 11.5 Å². The fourth-order valence-electron chi connectivity index (χ4n) is 3.33. The summed E-state index contributed by atoms with van der Waals surface area (Å²) in [5, 5.41) is 12.8. The van der Waals surface area contributed by atoms with Gasteiger partial charge in [-0.25, -0.2) is 13.1 Å². The molecule has 2 aromatic carbocycles. The van der Waals surface area contributed by atoms with Gasteiger partial charge in [-0.15, -0.1) is 15.3 Å². The van der Waals surface area contributed by atoms with Crippen molar-refractivity contribution in [2.45, 2.75) is 18.2 Å². The summed E-state index contributed by atoms with van der Waals surface area (Å²) in [6.07, 6.45) is 0.845. The van der Waals surface area contributed by atoms with Crippen LogP contribution in [-0.2, 0) is 16.4 Å². The fourth-order valence-corrected chi connectivity index (χ4v) is 4.34. The van der Waals surface area contributed by atoms with E-state index in [-0.39, 0.29) is 18.0 Å². The third-order valence-corrected chi connectivity index (χ3v) is 6.65. The van der Waals surface area contributed by atoms with Gasteiger partial charge in [0, 0.05) is 12.6 Å². The maximum absolute atomic E-state index is 12.5. The molecule has 0 unspecified atom stereocenters. The van der Waals surface area contributed by atoms with Crippen LogP contribution >= 0.6 is 0 Å². The molecule has 0 amide bonds. The molecule has 2 aromatic heterocycles. The number of ether oxygens (including phenoxy) is 3. The van der Waals surface area contributed by atoms with Crippen LogP contribution in [0.1, 0.15) is 12.5 Å². The van der Waals surface area contributed by atoms with Crippen LogP contribution in [0.5, 0.6) is 17.4 Å². The van der Waals surface area contributed by atoms with Crippen LogP contribution in [0.4, 0.5) is 0 Å². The molecule has 0 saturated heterocycles. The normalized spacial score (nSPS) is 11.5.